The molecule has 4 heterocycles. The molecule has 2 N–H and O–H groups in total. The predicted molar refractivity (Wildman–Crippen MR) is 131 cm³/mol. The van der Waals surface area contributed by atoms with Crippen LogP contribution < -0.4 is 5.32 Å². The lowest BCUT2D eigenvalue weighted by Crippen LogP contribution is -2.71. The number of nitrogens with zero attached hydrogens (tertiary/aromatic N) is 5. The van der Waals surface area contributed by atoms with Gasteiger partial charge < -0.3 is 10.4 Å². The lowest BCUT2D eigenvalue weighted by atomic mass is 10.0. The van der Waals surface area contributed by atoms with Gasteiger partial charge in [-0.05, 0) is 26.3 Å². The first-order chi connectivity index (χ1) is 16.1. The zero-order valence-corrected chi connectivity index (χ0v) is 22.1. The number of aryl methyl sites for hydroxylation is 2. The Morgan fingerprint density at radius 1 is 1.32 bits per heavy atom. The van der Waals surface area contributed by atoms with Gasteiger partial charge >= 0.3 is 5.97 Å². The molecule has 0 aliphatic carbocycles. The second kappa shape index (κ2) is 9.88. The van der Waals surface area contributed by atoms with Crippen LogP contribution in [0.25, 0.3) is 0 Å². The first kappa shape index (κ1) is 25.0. The van der Waals surface area contributed by atoms with Crippen molar-refractivity contribution in [1.82, 2.24) is 30.2 Å². The molecule has 2 aromatic rings. The van der Waals surface area contributed by atoms with Gasteiger partial charge in [-0.3, -0.25) is 19.2 Å². The van der Waals surface area contributed by atoms with E-state index in [1.165, 1.54) is 39.8 Å². The van der Waals surface area contributed by atoms with Crippen LogP contribution in [0.4, 0.5) is 0 Å². The summed E-state index contributed by atoms with van der Waals surface area (Å²) in [6.45, 7) is 7.56. The molecule has 3 atom stereocenters. The van der Waals surface area contributed by atoms with Crippen LogP contribution in [-0.4, -0.2) is 70.7 Å². The fourth-order valence-electron chi connectivity index (χ4n) is 3.77. The van der Waals surface area contributed by atoms with Crippen molar-refractivity contribution in [2.24, 2.45) is 5.92 Å². The maximum atomic E-state index is 12.9. The van der Waals surface area contributed by atoms with Crippen molar-refractivity contribution < 1.29 is 19.5 Å². The molecule has 2 aromatic heterocycles. The van der Waals surface area contributed by atoms with E-state index < -0.39 is 29.2 Å². The van der Waals surface area contributed by atoms with Crippen LogP contribution >= 0.6 is 46.5 Å². The molecular formula is C20H23ClN6O4S3. The molecule has 4 rings (SSSR count). The Morgan fingerprint density at radius 3 is 2.65 bits per heavy atom. The van der Waals surface area contributed by atoms with E-state index in [0.29, 0.717) is 34.3 Å². The van der Waals surface area contributed by atoms with Crippen molar-refractivity contribution in [2.75, 3.05) is 11.5 Å². The van der Waals surface area contributed by atoms with E-state index in [1.807, 2.05) is 13.8 Å². The summed E-state index contributed by atoms with van der Waals surface area (Å²) in [6, 6.07) is -0.765. The molecular weight excluding hydrogens is 520 g/mol. The van der Waals surface area contributed by atoms with Crippen molar-refractivity contribution in [3.05, 3.63) is 32.7 Å². The molecule has 0 bridgehead atoms. The first-order valence-electron chi connectivity index (χ1n) is 10.4. The topological polar surface area (TPSA) is 130 Å². The number of carboxylic acids is 1. The standard InChI is InChI=1S/C20H23ClN6O4S3/c1-8(5-26-10(3)13(21)9(2)25-26)16(28)22-14-17(29)27-15(19(30)31)12(6-32-18(14)27)7-33-20-24-23-11(4)34-20/h8,14,18H,5-7H2,1-4H3,(H,22,28)(H,30,31). The highest BCUT2D eigenvalue weighted by molar-refractivity contribution is 8.01. The minimum absolute atomic E-state index is 0.00156. The monoisotopic (exact) mass is 542 g/mol. The van der Waals surface area contributed by atoms with E-state index in [-0.39, 0.29) is 11.6 Å². The minimum atomic E-state index is -1.15. The van der Waals surface area contributed by atoms with E-state index in [0.717, 1.165) is 15.0 Å². The third-order valence-corrected chi connectivity index (χ3v) is 9.56. The van der Waals surface area contributed by atoms with Crippen LogP contribution in [0.3, 0.4) is 0 Å². The normalized spacial score (nSPS) is 20.7. The van der Waals surface area contributed by atoms with E-state index >= 15 is 0 Å². The third kappa shape index (κ3) is 4.70. The van der Waals surface area contributed by atoms with Gasteiger partial charge in [0.05, 0.1) is 28.9 Å². The highest BCUT2D eigenvalue weighted by Crippen LogP contribution is 2.41. The molecule has 3 unspecified atom stereocenters. The Morgan fingerprint density at radius 2 is 2.06 bits per heavy atom. The number of hydrogen-bond donors (Lipinski definition) is 2. The van der Waals surface area contributed by atoms with Crippen molar-refractivity contribution in [2.45, 2.75) is 50.0 Å². The maximum Gasteiger partial charge on any atom is 0.352 e. The number of aliphatic carboxylic acids is 1. The molecule has 2 aliphatic heterocycles. The Hall–Kier alpha value is -2.09. The second-order valence-electron chi connectivity index (χ2n) is 8.10. The molecule has 14 heteroatoms. The molecule has 0 spiro atoms. The van der Waals surface area contributed by atoms with Gasteiger partial charge in [0.1, 0.15) is 22.1 Å². The second-order valence-corrected chi connectivity index (χ2v) is 12.0. The zero-order valence-electron chi connectivity index (χ0n) is 18.9. The fraction of sp³-hybridized carbons (Fsp3) is 0.500. The van der Waals surface area contributed by atoms with Crippen LogP contribution in [0.5, 0.6) is 0 Å². The molecule has 1 fully saturated rings. The first-order valence-corrected chi connectivity index (χ1v) is 13.6. The largest absolute Gasteiger partial charge is 0.477 e. The number of halogens is 1. The number of hydrogen-bond acceptors (Lipinski definition) is 9. The maximum absolute atomic E-state index is 12.9. The molecule has 1 saturated heterocycles. The van der Waals surface area contributed by atoms with Gasteiger partial charge in [0, 0.05) is 11.5 Å². The lowest BCUT2D eigenvalue weighted by molar-refractivity contribution is -0.151. The molecule has 2 aliphatic rings. The number of thioether (sulfide) groups is 2. The number of nitrogens with one attached hydrogen (secondary N) is 1. The average Bonchev–Trinajstić information content (AvgIpc) is 3.32. The van der Waals surface area contributed by atoms with Gasteiger partial charge in [0.2, 0.25) is 5.91 Å². The zero-order chi connectivity index (χ0) is 24.7. The quantitative estimate of drug-likeness (QED) is 0.381. The number of rotatable bonds is 8. The summed E-state index contributed by atoms with van der Waals surface area (Å²) in [5, 5.41) is 25.9. The van der Waals surface area contributed by atoms with Crippen LogP contribution in [0, 0.1) is 26.7 Å². The molecule has 0 aromatic carbocycles. The number of carboxylic acid groups (broad SMARTS) is 1. The Balaban J connectivity index is 1.41. The van der Waals surface area contributed by atoms with Gasteiger partial charge in [-0.15, -0.1) is 22.0 Å². The summed E-state index contributed by atoms with van der Waals surface area (Å²) in [4.78, 5) is 39.0. The summed E-state index contributed by atoms with van der Waals surface area (Å²) in [5.74, 6) is -1.47. The van der Waals surface area contributed by atoms with Crippen molar-refractivity contribution in [3.63, 3.8) is 0 Å². The van der Waals surface area contributed by atoms with Gasteiger partial charge in [-0.2, -0.15) is 5.10 Å². The summed E-state index contributed by atoms with van der Waals surface area (Å²) in [5.41, 5.74) is 2.12. The summed E-state index contributed by atoms with van der Waals surface area (Å²) in [6.07, 6.45) is 0. The summed E-state index contributed by atoms with van der Waals surface area (Å²) < 4.78 is 2.43. The average molecular weight is 543 g/mol. The number of amides is 2. The Kier molecular flexibility index (Phi) is 7.27. The van der Waals surface area contributed by atoms with E-state index in [4.69, 9.17) is 11.6 Å². The fourth-order valence-corrected chi connectivity index (χ4v) is 7.21. The van der Waals surface area contributed by atoms with Crippen LogP contribution in [0.1, 0.15) is 23.3 Å². The number of carbonyl (C=O) groups is 3. The van der Waals surface area contributed by atoms with Gasteiger partial charge in [-0.25, -0.2) is 4.79 Å². The Labute approximate surface area is 213 Å². The van der Waals surface area contributed by atoms with Crippen LogP contribution in [0.2, 0.25) is 5.02 Å². The van der Waals surface area contributed by atoms with Crippen LogP contribution in [0.15, 0.2) is 15.6 Å². The molecule has 182 valence electrons. The molecule has 34 heavy (non-hydrogen) atoms. The lowest BCUT2D eigenvalue weighted by Gasteiger charge is -2.49. The number of fused-ring (bicyclic) bond motifs is 1. The number of β-lactam (4-membered cyclic amide) rings is 1. The number of carbonyl (C=O) groups excluding carboxylic acids is 2. The van der Waals surface area contributed by atoms with Crippen LogP contribution in [-0.2, 0) is 20.9 Å². The minimum Gasteiger partial charge on any atom is -0.477 e. The van der Waals surface area contributed by atoms with Crippen molar-refractivity contribution >= 4 is 64.2 Å². The molecule has 0 radical (unpaired) electrons. The highest BCUT2D eigenvalue weighted by Gasteiger charge is 2.54. The predicted octanol–water partition coefficient (Wildman–Crippen LogP) is 2.48. The van der Waals surface area contributed by atoms with Crippen molar-refractivity contribution in [3.8, 4) is 0 Å². The third-order valence-electron chi connectivity index (χ3n) is 5.61. The van der Waals surface area contributed by atoms with Gasteiger partial charge in [-0.1, -0.05) is 41.6 Å². The summed E-state index contributed by atoms with van der Waals surface area (Å²) >= 11 is 10.5. The summed E-state index contributed by atoms with van der Waals surface area (Å²) in [7, 11) is 0. The molecule has 10 nitrogen and oxygen atoms in total. The van der Waals surface area contributed by atoms with Crippen molar-refractivity contribution in [1.29, 1.82) is 0 Å². The van der Waals surface area contributed by atoms with E-state index in [9.17, 15) is 19.5 Å². The Bertz CT molecular complexity index is 1200. The molecule has 2 amide bonds. The van der Waals surface area contributed by atoms with E-state index in [1.54, 1.807) is 18.5 Å². The number of aromatic nitrogens is 4. The highest BCUT2D eigenvalue weighted by atomic mass is 35.5. The van der Waals surface area contributed by atoms with Gasteiger partial charge in [0.25, 0.3) is 5.91 Å². The smallest absolute Gasteiger partial charge is 0.352 e. The molecule has 0 saturated carbocycles. The SMILES string of the molecule is Cc1nnc(SCC2=C(C(=O)O)N3C(=O)C(NC(=O)C(C)Cn4nc(C)c(Cl)c4C)C3SC2)s1. The van der Waals surface area contributed by atoms with Gasteiger partial charge in [0.15, 0.2) is 4.34 Å². The van der Waals surface area contributed by atoms with E-state index in [2.05, 4.69) is 20.6 Å².